The van der Waals surface area contributed by atoms with E-state index in [4.69, 9.17) is 4.98 Å². The number of nitrogens with one attached hydrogen (secondary N) is 2. The van der Waals surface area contributed by atoms with Crippen molar-refractivity contribution in [3.8, 4) is 5.69 Å². The average molecular weight is 444 g/mol. The van der Waals surface area contributed by atoms with Gasteiger partial charge < -0.3 is 10.3 Å². The van der Waals surface area contributed by atoms with Crippen LogP contribution in [-0.2, 0) is 4.79 Å². The predicted octanol–water partition coefficient (Wildman–Crippen LogP) is 4.74. The minimum Gasteiger partial charge on any atom is -0.349 e. The summed E-state index contributed by atoms with van der Waals surface area (Å²) in [5, 5.41) is 3.98. The number of fused-ring (bicyclic) bond motifs is 3. The van der Waals surface area contributed by atoms with E-state index in [1.165, 1.54) is 40.6 Å². The van der Waals surface area contributed by atoms with Gasteiger partial charge in [-0.15, -0.1) is 0 Å². The Balaban J connectivity index is 1.54. The fourth-order valence-electron chi connectivity index (χ4n) is 3.50. The lowest BCUT2D eigenvalue weighted by Crippen LogP contribution is -2.23. The van der Waals surface area contributed by atoms with Crippen molar-refractivity contribution in [2.45, 2.75) is 5.16 Å². The molecular formula is C24H17FN4O2S. The Morgan fingerprint density at radius 1 is 1.00 bits per heavy atom. The van der Waals surface area contributed by atoms with Crippen LogP contribution in [-0.4, -0.2) is 26.2 Å². The summed E-state index contributed by atoms with van der Waals surface area (Å²) in [5.74, 6) is -0.625. The molecule has 0 bridgehead atoms. The number of benzene rings is 3. The highest BCUT2D eigenvalue weighted by molar-refractivity contribution is 7.99. The summed E-state index contributed by atoms with van der Waals surface area (Å²) in [6.07, 6.45) is 0. The van der Waals surface area contributed by atoms with Crippen LogP contribution >= 0.6 is 11.8 Å². The highest BCUT2D eigenvalue weighted by atomic mass is 32.2. The molecule has 0 saturated carbocycles. The fourth-order valence-corrected chi connectivity index (χ4v) is 4.31. The molecule has 0 atom stereocenters. The van der Waals surface area contributed by atoms with Crippen LogP contribution in [0.5, 0.6) is 0 Å². The van der Waals surface area contributed by atoms with Crippen LogP contribution in [0, 0.1) is 5.82 Å². The maximum atomic E-state index is 13.4. The molecule has 8 heteroatoms. The van der Waals surface area contributed by atoms with Gasteiger partial charge in [-0.05, 0) is 42.5 Å². The van der Waals surface area contributed by atoms with Gasteiger partial charge in [-0.3, -0.25) is 14.2 Å². The fraction of sp³-hybridized carbons (Fsp3) is 0.0417. The van der Waals surface area contributed by atoms with Crippen LogP contribution in [0.25, 0.3) is 27.6 Å². The Bertz CT molecular complexity index is 1490. The van der Waals surface area contributed by atoms with E-state index in [0.717, 1.165) is 10.9 Å². The summed E-state index contributed by atoms with van der Waals surface area (Å²) in [4.78, 5) is 33.8. The van der Waals surface area contributed by atoms with Crippen LogP contribution in [0.2, 0.25) is 0 Å². The molecule has 32 heavy (non-hydrogen) atoms. The molecular weight excluding hydrogens is 427 g/mol. The second-order valence-electron chi connectivity index (χ2n) is 7.11. The summed E-state index contributed by atoms with van der Waals surface area (Å²) in [6, 6.07) is 22.3. The first-order valence-corrected chi connectivity index (χ1v) is 10.9. The van der Waals surface area contributed by atoms with Gasteiger partial charge in [0.2, 0.25) is 5.91 Å². The highest BCUT2D eigenvalue weighted by Gasteiger charge is 2.18. The number of rotatable bonds is 5. The SMILES string of the molecule is O=C(CSc1nc2c([nH]c3ccccc32)c(=O)n1-c1ccccc1)Nc1ccc(F)cc1. The Morgan fingerprint density at radius 2 is 1.72 bits per heavy atom. The predicted molar refractivity (Wildman–Crippen MR) is 125 cm³/mol. The van der Waals surface area contributed by atoms with Gasteiger partial charge in [0.1, 0.15) is 16.9 Å². The molecule has 5 aromatic rings. The molecule has 2 heterocycles. The third kappa shape index (κ3) is 3.76. The number of thioether (sulfide) groups is 1. The second kappa shape index (κ2) is 8.32. The summed E-state index contributed by atoms with van der Waals surface area (Å²) in [7, 11) is 0. The zero-order chi connectivity index (χ0) is 22.1. The molecule has 3 aromatic carbocycles. The maximum absolute atomic E-state index is 13.4. The Morgan fingerprint density at radius 3 is 2.50 bits per heavy atom. The minimum atomic E-state index is -0.375. The van der Waals surface area contributed by atoms with Crippen molar-refractivity contribution >= 4 is 45.3 Å². The smallest absolute Gasteiger partial charge is 0.283 e. The quantitative estimate of drug-likeness (QED) is 0.303. The summed E-state index contributed by atoms with van der Waals surface area (Å²) in [5.41, 5.74) is 2.72. The number of aromatic nitrogens is 3. The van der Waals surface area contributed by atoms with Crippen molar-refractivity contribution in [2.24, 2.45) is 0 Å². The van der Waals surface area contributed by atoms with Crippen molar-refractivity contribution in [1.29, 1.82) is 0 Å². The van der Waals surface area contributed by atoms with Gasteiger partial charge in [0.25, 0.3) is 5.56 Å². The molecule has 0 aliphatic carbocycles. The number of carbonyl (C=O) groups excluding carboxylic acids is 1. The number of nitrogens with zero attached hydrogens (tertiary/aromatic N) is 2. The average Bonchev–Trinajstić information content (AvgIpc) is 3.19. The normalized spacial score (nSPS) is 11.2. The number of aromatic amines is 1. The second-order valence-corrected chi connectivity index (χ2v) is 8.05. The third-order valence-electron chi connectivity index (χ3n) is 4.97. The molecule has 158 valence electrons. The molecule has 1 amide bonds. The third-order valence-corrected chi connectivity index (χ3v) is 5.91. The van der Waals surface area contributed by atoms with Crippen LogP contribution in [0.3, 0.4) is 0 Å². The lowest BCUT2D eigenvalue weighted by Gasteiger charge is -2.12. The first-order chi connectivity index (χ1) is 15.6. The largest absolute Gasteiger partial charge is 0.349 e. The first kappa shape index (κ1) is 20.0. The zero-order valence-corrected chi connectivity index (χ0v) is 17.5. The number of H-pyrrole nitrogens is 1. The number of carbonyl (C=O) groups is 1. The van der Waals surface area contributed by atoms with Gasteiger partial charge in [-0.1, -0.05) is 48.2 Å². The van der Waals surface area contributed by atoms with Gasteiger partial charge in [-0.25, -0.2) is 9.37 Å². The molecule has 0 saturated heterocycles. The molecule has 0 aliphatic rings. The van der Waals surface area contributed by atoms with E-state index in [9.17, 15) is 14.0 Å². The molecule has 0 aliphatic heterocycles. The van der Waals surface area contributed by atoms with E-state index in [-0.39, 0.29) is 23.0 Å². The number of anilines is 1. The Kier molecular flexibility index (Phi) is 5.20. The van der Waals surface area contributed by atoms with Crippen LogP contribution in [0.4, 0.5) is 10.1 Å². The van der Waals surface area contributed by atoms with E-state index >= 15 is 0 Å². The van der Waals surface area contributed by atoms with Crippen LogP contribution in [0.15, 0.2) is 88.8 Å². The molecule has 0 unspecified atom stereocenters. The van der Waals surface area contributed by atoms with Crippen molar-refractivity contribution in [3.05, 3.63) is 95.0 Å². The standard InChI is InChI=1S/C24H17FN4O2S/c25-15-10-12-16(13-11-15)26-20(30)14-32-24-28-21-18-8-4-5-9-19(18)27-22(21)23(31)29(24)17-6-2-1-3-7-17/h1-13,27H,14H2,(H,26,30). The van der Waals surface area contributed by atoms with Gasteiger partial charge in [0, 0.05) is 16.6 Å². The minimum absolute atomic E-state index is 0.0323. The van der Waals surface area contributed by atoms with Gasteiger partial charge in [0.15, 0.2) is 5.16 Å². The highest BCUT2D eigenvalue weighted by Crippen LogP contribution is 2.26. The van der Waals surface area contributed by atoms with Gasteiger partial charge in [0.05, 0.1) is 11.4 Å². The molecule has 0 radical (unpaired) electrons. The summed E-state index contributed by atoms with van der Waals surface area (Å²) < 4.78 is 14.6. The van der Waals surface area contributed by atoms with Crippen molar-refractivity contribution in [3.63, 3.8) is 0 Å². The number of amides is 1. The topological polar surface area (TPSA) is 79.8 Å². The van der Waals surface area contributed by atoms with Crippen LogP contribution in [0.1, 0.15) is 0 Å². The molecule has 0 spiro atoms. The lowest BCUT2D eigenvalue weighted by atomic mass is 10.2. The molecule has 0 fully saturated rings. The van der Waals surface area contributed by atoms with Gasteiger partial charge >= 0.3 is 0 Å². The van der Waals surface area contributed by atoms with E-state index in [0.29, 0.717) is 27.6 Å². The van der Waals surface area contributed by atoms with E-state index in [1.54, 1.807) is 0 Å². The Hall–Kier alpha value is -3.91. The lowest BCUT2D eigenvalue weighted by molar-refractivity contribution is -0.113. The molecule has 6 nitrogen and oxygen atoms in total. The molecule has 2 N–H and O–H groups in total. The monoisotopic (exact) mass is 444 g/mol. The van der Waals surface area contributed by atoms with Crippen molar-refractivity contribution in [2.75, 3.05) is 11.1 Å². The number of hydrogen-bond acceptors (Lipinski definition) is 4. The number of para-hydroxylation sites is 2. The van der Waals surface area contributed by atoms with Crippen molar-refractivity contribution < 1.29 is 9.18 Å². The van der Waals surface area contributed by atoms with Gasteiger partial charge in [-0.2, -0.15) is 0 Å². The van der Waals surface area contributed by atoms with Crippen molar-refractivity contribution in [1.82, 2.24) is 14.5 Å². The van der Waals surface area contributed by atoms with E-state index in [2.05, 4.69) is 10.3 Å². The number of halogens is 1. The molecule has 2 aromatic heterocycles. The van der Waals surface area contributed by atoms with E-state index < -0.39 is 0 Å². The molecule has 5 rings (SSSR count). The van der Waals surface area contributed by atoms with E-state index in [1.807, 2.05) is 54.6 Å². The maximum Gasteiger partial charge on any atom is 0.283 e. The zero-order valence-electron chi connectivity index (χ0n) is 16.7. The summed E-state index contributed by atoms with van der Waals surface area (Å²) in [6.45, 7) is 0. The summed E-state index contributed by atoms with van der Waals surface area (Å²) >= 11 is 1.17. The Labute approximate surface area is 186 Å². The number of hydrogen-bond donors (Lipinski definition) is 2. The first-order valence-electron chi connectivity index (χ1n) is 9.87. The van der Waals surface area contributed by atoms with Crippen LogP contribution < -0.4 is 10.9 Å².